The molecule has 8 unspecified atom stereocenters. The molecular weight excluding hydrogens is 608 g/mol. The van der Waals surface area contributed by atoms with E-state index in [2.05, 4.69) is 16.6 Å². The highest BCUT2D eigenvalue weighted by Crippen LogP contribution is 2.68. The Bertz CT molecular complexity index is 1300. The lowest BCUT2D eigenvalue weighted by molar-refractivity contribution is -0.427. The Morgan fingerprint density at radius 3 is 2.58 bits per heavy atom. The summed E-state index contributed by atoms with van der Waals surface area (Å²) in [5.74, 6) is -5.58. The molecule has 0 amide bonds. The van der Waals surface area contributed by atoms with Crippen LogP contribution in [0.2, 0.25) is 0 Å². The molecule has 0 aromatic carbocycles. The zero-order valence-electron chi connectivity index (χ0n) is 20.5. The van der Waals surface area contributed by atoms with Crippen molar-refractivity contribution >= 4 is 26.9 Å². The normalized spacial score (nSPS) is 41.1. The summed E-state index contributed by atoms with van der Waals surface area (Å²) >= 11 is 3.64. The Hall–Kier alpha value is -1.03. The number of aromatic amines is 1. The molecule has 13 atom stereocenters. The lowest BCUT2D eigenvalue weighted by Gasteiger charge is -2.49. The number of rotatable bonds is 11. The van der Waals surface area contributed by atoms with Gasteiger partial charge in [-0.25, -0.2) is 13.9 Å². The quantitative estimate of drug-likeness (QED) is 0.0834. The predicted octanol–water partition coefficient (Wildman–Crippen LogP) is -3.67. The highest BCUT2D eigenvalue weighted by Gasteiger charge is 2.73. The highest BCUT2D eigenvalue weighted by atomic mass is 32.7. The molecular formula is C18H29N3O16P2S. The first-order valence-electron chi connectivity index (χ1n) is 11.6. The number of hydrogen-bond donors (Lipinski definition) is 9. The van der Waals surface area contributed by atoms with Gasteiger partial charge in [0.05, 0.1) is 49.4 Å². The van der Waals surface area contributed by atoms with Gasteiger partial charge in [-0.2, -0.15) is 4.31 Å². The first-order chi connectivity index (χ1) is 18.5. The van der Waals surface area contributed by atoms with Gasteiger partial charge in [0.25, 0.3) is 5.56 Å². The van der Waals surface area contributed by atoms with Gasteiger partial charge < -0.3 is 50.4 Å². The Kier molecular flexibility index (Phi) is 9.23. The first-order valence-corrected chi connectivity index (χ1v) is 15.7. The molecule has 228 valence electrons. The van der Waals surface area contributed by atoms with E-state index in [-0.39, 0.29) is 0 Å². The SMILES string of the molecule is CO[C@H]1[C@@H](N)[C@H](n2ccc(=O)[nH]c2=O)O[C@@H]1COP(=O)(S)OP(=O)(O)OC1OC2(O)C1C(O)C(O)C2[C@@H](O)CO. The minimum absolute atomic E-state index is 0.643. The molecule has 0 radical (unpaired) electrons. The number of hydrogen-bond acceptors (Lipinski definition) is 16. The highest BCUT2D eigenvalue weighted by molar-refractivity contribution is 8.45. The molecule has 3 heterocycles. The van der Waals surface area contributed by atoms with E-state index in [0.29, 0.717) is 0 Å². The molecule has 3 aliphatic rings. The number of nitrogens with zero attached hydrogens (tertiary/aromatic N) is 1. The maximum atomic E-state index is 12.7. The van der Waals surface area contributed by atoms with Crippen LogP contribution in [0.15, 0.2) is 21.9 Å². The maximum Gasteiger partial charge on any atom is 0.482 e. The third kappa shape index (κ3) is 5.91. The summed E-state index contributed by atoms with van der Waals surface area (Å²) in [6.07, 6.45) is -9.27. The van der Waals surface area contributed by atoms with Crippen molar-refractivity contribution < 1.29 is 67.1 Å². The Balaban J connectivity index is 1.38. The number of ether oxygens (including phenoxy) is 3. The van der Waals surface area contributed by atoms with Crippen LogP contribution in [0.3, 0.4) is 0 Å². The van der Waals surface area contributed by atoms with Gasteiger partial charge in [-0.3, -0.25) is 23.4 Å². The third-order valence-corrected chi connectivity index (χ3v) is 10.5. The second-order valence-corrected chi connectivity index (χ2v) is 13.8. The lowest BCUT2D eigenvalue weighted by atomic mass is 9.86. The summed E-state index contributed by atoms with van der Waals surface area (Å²) in [4.78, 5) is 35.6. The molecule has 3 fully saturated rings. The maximum absolute atomic E-state index is 12.7. The van der Waals surface area contributed by atoms with Gasteiger partial charge in [0.1, 0.15) is 12.2 Å². The van der Waals surface area contributed by atoms with Gasteiger partial charge in [0.2, 0.25) is 0 Å². The number of fused-ring (bicyclic) bond motifs is 1. The van der Waals surface area contributed by atoms with Crippen LogP contribution in [0.5, 0.6) is 0 Å². The van der Waals surface area contributed by atoms with Gasteiger partial charge in [-0.15, -0.1) is 0 Å². The summed E-state index contributed by atoms with van der Waals surface area (Å²) < 4.78 is 56.5. The van der Waals surface area contributed by atoms with E-state index in [1.807, 2.05) is 4.98 Å². The average Bonchev–Trinajstić information content (AvgIpc) is 3.23. The number of aliphatic hydroxyl groups is 5. The number of phosphoric acid groups is 1. The Morgan fingerprint density at radius 2 is 1.98 bits per heavy atom. The first kappa shape index (κ1) is 31.9. The van der Waals surface area contributed by atoms with Crippen LogP contribution in [-0.4, -0.2) is 109 Å². The molecule has 0 bridgehead atoms. The van der Waals surface area contributed by atoms with Crippen LogP contribution < -0.4 is 17.0 Å². The number of methoxy groups -OCH3 is 1. The van der Waals surface area contributed by atoms with Crippen LogP contribution in [0.25, 0.3) is 0 Å². The number of phosphoric ester groups is 1. The number of aliphatic hydroxyl groups excluding tert-OH is 4. The lowest BCUT2D eigenvalue weighted by Crippen LogP contribution is -2.64. The molecule has 40 heavy (non-hydrogen) atoms. The minimum atomic E-state index is -5.36. The summed E-state index contributed by atoms with van der Waals surface area (Å²) in [6.45, 7) is -6.26. The standard InChI is InChI=1S/C18H29N3O16P2S/c1-32-14-7(34-15(11(14)19)21-3-2-8(24)20-17(21)27)5-33-39(31,40)37-38(29,30)36-16-10-13(26)12(25)9(6(23)4-22)18(10,28)35-16/h2-3,6-7,9-16,22-23,25-26,28H,4-5,19H2,1H3,(H,29,30)(H,31,40)(H,20,24,27)/t6-,7+,9?,10?,11+,12?,13?,14+,15+,16?,18?,39?/m0/s1. The van der Waals surface area contributed by atoms with Gasteiger partial charge >= 0.3 is 20.3 Å². The van der Waals surface area contributed by atoms with Gasteiger partial charge in [-0.05, 0) is 0 Å². The van der Waals surface area contributed by atoms with Crippen molar-refractivity contribution in [3.8, 4) is 0 Å². The van der Waals surface area contributed by atoms with Crippen molar-refractivity contribution in [1.29, 1.82) is 0 Å². The Labute approximate surface area is 229 Å². The molecule has 1 saturated carbocycles. The van der Waals surface area contributed by atoms with Gasteiger partial charge in [0, 0.05) is 19.4 Å². The van der Waals surface area contributed by atoms with E-state index in [0.717, 1.165) is 16.8 Å². The molecule has 1 aromatic rings. The largest absolute Gasteiger partial charge is 0.482 e. The summed E-state index contributed by atoms with van der Waals surface area (Å²) in [5.41, 5.74) is 4.63. The number of aromatic nitrogens is 2. The summed E-state index contributed by atoms with van der Waals surface area (Å²) in [5, 5.41) is 50.0. The van der Waals surface area contributed by atoms with E-state index < -0.39 is 106 Å². The second kappa shape index (κ2) is 11.6. The van der Waals surface area contributed by atoms with Crippen LogP contribution in [0, 0.1) is 11.8 Å². The number of thiol groups is 1. The van der Waals surface area contributed by atoms with Crippen LogP contribution in [0.4, 0.5) is 0 Å². The van der Waals surface area contributed by atoms with E-state index in [9.17, 15) is 44.0 Å². The van der Waals surface area contributed by atoms with Crippen molar-refractivity contribution in [3.05, 3.63) is 33.1 Å². The predicted molar refractivity (Wildman–Crippen MR) is 130 cm³/mol. The van der Waals surface area contributed by atoms with Crippen molar-refractivity contribution in [2.45, 2.75) is 54.9 Å². The zero-order valence-corrected chi connectivity index (χ0v) is 23.2. The average molecular weight is 637 g/mol. The number of nitrogens with one attached hydrogen (secondary N) is 1. The monoisotopic (exact) mass is 637 g/mol. The number of H-pyrrole nitrogens is 1. The second-order valence-electron chi connectivity index (χ2n) is 9.30. The molecule has 0 spiro atoms. The molecule has 1 aromatic heterocycles. The fourth-order valence-corrected chi connectivity index (χ4v) is 8.28. The third-order valence-electron chi connectivity index (χ3n) is 6.87. The van der Waals surface area contributed by atoms with Crippen LogP contribution in [0.1, 0.15) is 6.23 Å². The fraction of sp³-hybridized carbons (Fsp3) is 0.778. The van der Waals surface area contributed by atoms with Crippen molar-refractivity contribution in [3.63, 3.8) is 0 Å². The van der Waals surface area contributed by atoms with E-state index in [1.54, 1.807) is 0 Å². The smallest absolute Gasteiger partial charge is 0.394 e. The van der Waals surface area contributed by atoms with Crippen molar-refractivity contribution in [2.75, 3.05) is 20.3 Å². The van der Waals surface area contributed by atoms with Gasteiger partial charge in [0.15, 0.2) is 18.3 Å². The summed E-state index contributed by atoms with van der Waals surface area (Å²) in [6, 6.07) is 0.0791. The molecule has 9 N–H and O–H groups in total. The molecule has 2 aliphatic heterocycles. The van der Waals surface area contributed by atoms with Crippen molar-refractivity contribution in [1.82, 2.24) is 9.55 Å². The van der Waals surface area contributed by atoms with E-state index in [4.69, 9.17) is 34.1 Å². The van der Waals surface area contributed by atoms with Crippen LogP contribution in [-0.2, 0) is 36.7 Å². The molecule has 2 saturated heterocycles. The fourth-order valence-electron chi connectivity index (χ4n) is 5.09. The summed E-state index contributed by atoms with van der Waals surface area (Å²) in [7, 11) is -4.09. The van der Waals surface area contributed by atoms with Crippen LogP contribution >= 0.6 is 26.9 Å². The molecule has 19 nitrogen and oxygen atoms in total. The molecule has 22 heteroatoms. The zero-order chi connectivity index (χ0) is 29.8. The Morgan fingerprint density at radius 1 is 1.30 bits per heavy atom. The van der Waals surface area contributed by atoms with Gasteiger partial charge in [-0.1, -0.05) is 12.2 Å². The van der Waals surface area contributed by atoms with E-state index in [1.165, 1.54) is 7.11 Å². The van der Waals surface area contributed by atoms with Crippen molar-refractivity contribution in [2.24, 2.45) is 17.6 Å². The van der Waals surface area contributed by atoms with E-state index >= 15 is 0 Å². The number of nitrogens with two attached hydrogens (primary N) is 1. The molecule has 4 rings (SSSR count). The minimum Gasteiger partial charge on any atom is -0.394 e. The molecule has 1 aliphatic carbocycles. The topological polar surface area (TPSA) is 292 Å².